The molecule has 1 fully saturated rings. The van der Waals surface area contributed by atoms with Crippen molar-refractivity contribution >= 4 is 5.91 Å². The Morgan fingerprint density at radius 1 is 1.27 bits per heavy atom. The van der Waals surface area contributed by atoms with Crippen LogP contribution < -0.4 is 0 Å². The Kier molecular flexibility index (Phi) is 3.94. The minimum atomic E-state index is -0.234. The maximum Gasteiger partial charge on any atom is 0.254 e. The molecule has 6 nitrogen and oxygen atoms in total. The number of benzene rings is 1. The molecule has 0 spiro atoms. The highest BCUT2D eigenvalue weighted by Crippen LogP contribution is 2.25. The number of amides is 1. The molecular formula is C16H20N4O2. The molecule has 3 rings (SSSR count). The van der Waals surface area contributed by atoms with Crippen molar-refractivity contribution in [2.45, 2.75) is 25.8 Å². The van der Waals surface area contributed by atoms with Crippen LogP contribution in [0.3, 0.4) is 0 Å². The standard InChI is InChI=1S/C16H20N4O2/c1-3-16(2)10-22-9-8-20(16)15(21)13-4-6-14(7-5-13)19-11-17-18-12-19/h4-7,11-12H,3,8-10H2,1-2H3. The molecule has 6 heteroatoms. The Hall–Kier alpha value is -2.21. The van der Waals surface area contributed by atoms with Gasteiger partial charge < -0.3 is 9.64 Å². The van der Waals surface area contributed by atoms with E-state index in [2.05, 4.69) is 24.0 Å². The number of aromatic nitrogens is 3. The smallest absolute Gasteiger partial charge is 0.254 e. The van der Waals surface area contributed by atoms with E-state index in [1.165, 1.54) is 0 Å². The largest absolute Gasteiger partial charge is 0.377 e. The molecule has 0 bridgehead atoms. The average Bonchev–Trinajstić information content (AvgIpc) is 3.09. The molecule has 0 N–H and O–H groups in total. The van der Waals surface area contributed by atoms with E-state index >= 15 is 0 Å². The van der Waals surface area contributed by atoms with Gasteiger partial charge in [-0.25, -0.2) is 0 Å². The van der Waals surface area contributed by atoms with Crippen LogP contribution in [0.5, 0.6) is 0 Å². The quantitative estimate of drug-likeness (QED) is 0.869. The molecule has 1 amide bonds. The maximum absolute atomic E-state index is 12.8. The van der Waals surface area contributed by atoms with Crippen LogP contribution in [-0.2, 0) is 4.74 Å². The van der Waals surface area contributed by atoms with Crippen LogP contribution in [0.1, 0.15) is 30.6 Å². The minimum absolute atomic E-state index is 0.0583. The van der Waals surface area contributed by atoms with Crippen molar-refractivity contribution in [3.8, 4) is 5.69 Å². The second-order valence-electron chi connectivity index (χ2n) is 5.78. The lowest BCUT2D eigenvalue weighted by molar-refractivity contribution is -0.0465. The number of nitrogens with zero attached hydrogens (tertiary/aromatic N) is 4. The predicted octanol–water partition coefficient (Wildman–Crippen LogP) is 1.91. The third-order valence-electron chi connectivity index (χ3n) is 4.36. The maximum atomic E-state index is 12.8. The van der Waals surface area contributed by atoms with Crippen LogP contribution in [0, 0.1) is 0 Å². The summed E-state index contributed by atoms with van der Waals surface area (Å²) in [7, 11) is 0. The first-order chi connectivity index (χ1) is 10.6. The minimum Gasteiger partial charge on any atom is -0.377 e. The molecule has 0 saturated carbocycles. The fraction of sp³-hybridized carbons (Fsp3) is 0.438. The van der Waals surface area contributed by atoms with E-state index in [1.807, 2.05) is 29.2 Å². The number of ether oxygens (including phenoxy) is 1. The molecule has 0 aliphatic carbocycles. The van der Waals surface area contributed by atoms with E-state index in [0.717, 1.165) is 12.1 Å². The fourth-order valence-electron chi connectivity index (χ4n) is 2.70. The topological polar surface area (TPSA) is 60.2 Å². The van der Waals surface area contributed by atoms with Crippen molar-refractivity contribution in [3.05, 3.63) is 42.5 Å². The van der Waals surface area contributed by atoms with Gasteiger partial charge in [-0.3, -0.25) is 9.36 Å². The van der Waals surface area contributed by atoms with Crippen LogP contribution in [0.25, 0.3) is 5.69 Å². The Morgan fingerprint density at radius 2 is 1.95 bits per heavy atom. The van der Waals surface area contributed by atoms with Crippen molar-refractivity contribution in [1.29, 1.82) is 0 Å². The third kappa shape index (κ3) is 2.62. The number of hydrogen-bond acceptors (Lipinski definition) is 4. The molecule has 1 aliphatic rings. The van der Waals surface area contributed by atoms with Crippen molar-refractivity contribution in [3.63, 3.8) is 0 Å². The van der Waals surface area contributed by atoms with Crippen LogP contribution in [0.2, 0.25) is 0 Å². The number of carbonyl (C=O) groups is 1. The molecule has 1 saturated heterocycles. The van der Waals surface area contributed by atoms with Crippen LogP contribution in [0.4, 0.5) is 0 Å². The summed E-state index contributed by atoms with van der Waals surface area (Å²) in [5, 5.41) is 7.57. The van der Waals surface area contributed by atoms with Gasteiger partial charge in [-0.15, -0.1) is 10.2 Å². The summed E-state index contributed by atoms with van der Waals surface area (Å²) in [5.74, 6) is 0.0583. The molecule has 116 valence electrons. The van der Waals surface area contributed by atoms with Gasteiger partial charge in [-0.05, 0) is 37.6 Å². The fourth-order valence-corrected chi connectivity index (χ4v) is 2.70. The number of carbonyl (C=O) groups excluding carboxylic acids is 1. The van der Waals surface area contributed by atoms with E-state index in [4.69, 9.17) is 4.74 Å². The summed E-state index contributed by atoms with van der Waals surface area (Å²) in [6.45, 7) is 5.99. The third-order valence-corrected chi connectivity index (χ3v) is 4.36. The summed E-state index contributed by atoms with van der Waals surface area (Å²) in [4.78, 5) is 14.7. The highest BCUT2D eigenvalue weighted by Gasteiger charge is 2.37. The lowest BCUT2D eigenvalue weighted by atomic mass is 9.95. The summed E-state index contributed by atoms with van der Waals surface area (Å²) < 4.78 is 7.35. The van der Waals surface area contributed by atoms with Gasteiger partial charge in [-0.2, -0.15) is 0 Å². The first kappa shape index (κ1) is 14.7. The van der Waals surface area contributed by atoms with Gasteiger partial charge in [0, 0.05) is 17.8 Å². The van der Waals surface area contributed by atoms with Crippen LogP contribution in [-0.4, -0.2) is 50.9 Å². The van der Waals surface area contributed by atoms with Gasteiger partial charge in [0.2, 0.25) is 0 Å². The predicted molar refractivity (Wildman–Crippen MR) is 81.9 cm³/mol. The Bertz CT molecular complexity index is 639. The molecule has 1 aromatic heterocycles. The zero-order chi connectivity index (χ0) is 15.6. The van der Waals surface area contributed by atoms with E-state index in [1.54, 1.807) is 17.2 Å². The second kappa shape index (κ2) is 5.88. The summed E-state index contributed by atoms with van der Waals surface area (Å²) >= 11 is 0. The molecule has 22 heavy (non-hydrogen) atoms. The molecule has 1 aromatic carbocycles. The highest BCUT2D eigenvalue weighted by molar-refractivity contribution is 5.95. The van der Waals surface area contributed by atoms with Gasteiger partial charge in [-0.1, -0.05) is 6.92 Å². The molecule has 1 unspecified atom stereocenters. The lowest BCUT2D eigenvalue weighted by Gasteiger charge is -2.44. The normalized spacial score (nSPS) is 21.8. The zero-order valence-corrected chi connectivity index (χ0v) is 12.9. The van der Waals surface area contributed by atoms with Crippen molar-refractivity contribution < 1.29 is 9.53 Å². The summed E-state index contributed by atoms with van der Waals surface area (Å²) in [6, 6.07) is 7.51. The van der Waals surface area contributed by atoms with Gasteiger partial charge in [0.1, 0.15) is 12.7 Å². The lowest BCUT2D eigenvalue weighted by Crippen LogP contribution is -2.57. The Morgan fingerprint density at radius 3 is 2.59 bits per heavy atom. The molecule has 2 aromatic rings. The van der Waals surface area contributed by atoms with Gasteiger partial charge in [0.05, 0.1) is 18.8 Å². The first-order valence-corrected chi connectivity index (χ1v) is 7.49. The van der Waals surface area contributed by atoms with Crippen molar-refractivity contribution in [2.24, 2.45) is 0 Å². The Balaban J connectivity index is 1.82. The van der Waals surface area contributed by atoms with E-state index in [0.29, 0.717) is 25.3 Å². The average molecular weight is 300 g/mol. The van der Waals surface area contributed by atoms with Crippen LogP contribution in [0.15, 0.2) is 36.9 Å². The zero-order valence-electron chi connectivity index (χ0n) is 12.9. The van der Waals surface area contributed by atoms with Gasteiger partial charge >= 0.3 is 0 Å². The summed E-state index contributed by atoms with van der Waals surface area (Å²) in [6.07, 6.45) is 4.14. The SMILES string of the molecule is CCC1(C)COCCN1C(=O)c1ccc(-n2cnnc2)cc1. The molecule has 2 heterocycles. The second-order valence-corrected chi connectivity index (χ2v) is 5.78. The van der Waals surface area contributed by atoms with E-state index in [-0.39, 0.29) is 11.4 Å². The monoisotopic (exact) mass is 300 g/mol. The van der Waals surface area contributed by atoms with Crippen molar-refractivity contribution in [1.82, 2.24) is 19.7 Å². The molecule has 1 atom stereocenters. The van der Waals surface area contributed by atoms with Crippen molar-refractivity contribution in [2.75, 3.05) is 19.8 Å². The van der Waals surface area contributed by atoms with E-state index < -0.39 is 0 Å². The molecule has 1 aliphatic heterocycles. The first-order valence-electron chi connectivity index (χ1n) is 7.49. The Labute approximate surface area is 129 Å². The number of rotatable bonds is 3. The summed E-state index contributed by atoms with van der Waals surface area (Å²) in [5.41, 5.74) is 1.39. The number of morpholine rings is 1. The van der Waals surface area contributed by atoms with Crippen LogP contribution >= 0.6 is 0 Å². The number of hydrogen-bond donors (Lipinski definition) is 0. The molecule has 0 radical (unpaired) electrons. The molecular weight excluding hydrogens is 280 g/mol. The highest BCUT2D eigenvalue weighted by atomic mass is 16.5. The van der Waals surface area contributed by atoms with Gasteiger partial charge in [0.25, 0.3) is 5.91 Å². The van der Waals surface area contributed by atoms with Gasteiger partial charge in [0.15, 0.2) is 0 Å². The van der Waals surface area contributed by atoms with E-state index in [9.17, 15) is 4.79 Å².